The highest BCUT2D eigenvalue weighted by molar-refractivity contribution is 5.89. The van der Waals surface area contributed by atoms with Crippen molar-refractivity contribution < 1.29 is 18.7 Å². The van der Waals surface area contributed by atoms with Gasteiger partial charge in [0.05, 0.1) is 10.8 Å². The Bertz CT molecular complexity index is 1040. The number of ether oxygens (including phenoxy) is 1. The third-order valence-corrected chi connectivity index (χ3v) is 8.40. The normalized spacial score (nSPS) is 23.9. The number of likely N-dealkylation sites (N-methyl/N-ethyl adjacent to an activating group) is 1. The molecule has 0 unspecified atom stereocenters. The summed E-state index contributed by atoms with van der Waals surface area (Å²) in [5.74, 6) is -0.0554. The first-order valence-corrected chi connectivity index (χ1v) is 12.4. The average Bonchev–Trinajstić information content (AvgIpc) is 3.09. The van der Waals surface area contributed by atoms with Crippen LogP contribution in [0.3, 0.4) is 0 Å². The molecule has 1 atom stereocenters. The highest BCUT2D eigenvalue weighted by Crippen LogP contribution is 2.46. The maximum atomic E-state index is 14.1. The van der Waals surface area contributed by atoms with Gasteiger partial charge in [0.2, 0.25) is 11.8 Å². The van der Waals surface area contributed by atoms with E-state index in [4.69, 9.17) is 4.74 Å². The smallest absolute Gasteiger partial charge is 0.233 e. The molecule has 0 aromatic heterocycles. The van der Waals surface area contributed by atoms with Crippen LogP contribution in [0.2, 0.25) is 0 Å². The van der Waals surface area contributed by atoms with E-state index in [9.17, 15) is 14.0 Å². The van der Waals surface area contributed by atoms with Crippen molar-refractivity contribution in [3.63, 3.8) is 0 Å². The molecule has 3 heterocycles. The molecule has 3 aliphatic heterocycles. The minimum atomic E-state index is -0.753. The largest absolute Gasteiger partial charge is 0.381 e. The molecule has 5 rings (SSSR count). The number of piperidine rings is 1. The Balaban J connectivity index is 1.31. The van der Waals surface area contributed by atoms with Gasteiger partial charge in [0.25, 0.3) is 0 Å². The summed E-state index contributed by atoms with van der Waals surface area (Å²) in [5.41, 5.74) is 0.846. The third-order valence-electron chi connectivity index (χ3n) is 8.40. The summed E-state index contributed by atoms with van der Waals surface area (Å²) in [5, 5.41) is 0. The van der Waals surface area contributed by atoms with Crippen LogP contribution in [0, 0.1) is 11.2 Å². The number of halogens is 1. The molecule has 0 bridgehead atoms. The van der Waals surface area contributed by atoms with E-state index in [0.29, 0.717) is 52.0 Å². The van der Waals surface area contributed by atoms with Crippen LogP contribution in [0.5, 0.6) is 0 Å². The van der Waals surface area contributed by atoms with Crippen LogP contribution in [0.15, 0.2) is 54.6 Å². The molecule has 2 amide bonds. The van der Waals surface area contributed by atoms with E-state index in [1.54, 1.807) is 6.07 Å². The summed E-state index contributed by atoms with van der Waals surface area (Å²) in [6.45, 7) is 2.11. The number of carbonyl (C=O) groups excluding carboxylic acids is 2. The Labute approximate surface area is 200 Å². The number of likely N-dealkylation sites (tertiary alicyclic amines) is 2. The second kappa shape index (κ2) is 9.14. The summed E-state index contributed by atoms with van der Waals surface area (Å²) in [6, 6.07) is 17.0. The van der Waals surface area contributed by atoms with E-state index in [0.717, 1.165) is 18.4 Å². The number of hydrogen-bond donors (Lipinski definition) is 0. The zero-order chi connectivity index (χ0) is 23.8. The van der Waals surface area contributed by atoms with Gasteiger partial charge < -0.3 is 14.5 Å². The fraction of sp³-hybridized carbons (Fsp3) is 0.500. The van der Waals surface area contributed by atoms with E-state index >= 15 is 0 Å². The molecule has 2 aromatic carbocycles. The number of amides is 2. The lowest BCUT2D eigenvalue weighted by Crippen LogP contribution is -2.54. The molecule has 3 aliphatic rings. The quantitative estimate of drug-likeness (QED) is 0.688. The summed E-state index contributed by atoms with van der Waals surface area (Å²) >= 11 is 0. The van der Waals surface area contributed by atoms with E-state index < -0.39 is 5.41 Å². The highest BCUT2D eigenvalue weighted by atomic mass is 19.1. The van der Waals surface area contributed by atoms with Crippen LogP contribution in [0.1, 0.15) is 43.2 Å². The molecule has 34 heavy (non-hydrogen) atoms. The maximum Gasteiger partial charge on any atom is 0.233 e. The van der Waals surface area contributed by atoms with Crippen LogP contribution in [-0.4, -0.2) is 61.0 Å². The van der Waals surface area contributed by atoms with E-state index in [-0.39, 0.29) is 29.1 Å². The predicted octanol–water partition coefficient (Wildman–Crippen LogP) is 3.96. The molecule has 6 heteroatoms. The maximum absolute atomic E-state index is 14.1. The zero-order valence-electron chi connectivity index (χ0n) is 19.8. The first kappa shape index (κ1) is 23.0. The molecule has 180 valence electrons. The van der Waals surface area contributed by atoms with Gasteiger partial charge in [0.15, 0.2) is 0 Å². The van der Waals surface area contributed by atoms with Gasteiger partial charge in [-0.3, -0.25) is 9.59 Å². The van der Waals surface area contributed by atoms with Crippen molar-refractivity contribution in [3.05, 3.63) is 71.5 Å². The van der Waals surface area contributed by atoms with E-state index in [1.165, 1.54) is 17.7 Å². The van der Waals surface area contributed by atoms with Gasteiger partial charge in [-0.15, -0.1) is 0 Å². The van der Waals surface area contributed by atoms with E-state index in [1.807, 2.05) is 41.1 Å². The molecule has 0 aliphatic carbocycles. The summed E-state index contributed by atoms with van der Waals surface area (Å²) in [6.07, 6.45) is 4.17. The fourth-order valence-electron chi connectivity index (χ4n) is 6.30. The number of carbonyl (C=O) groups is 2. The van der Waals surface area contributed by atoms with Gasteiger partial charge >= 0.3 is 0 Å². The van der Waals surface area contributed by atoms with Crippen molar-refractivity contribution in [2.75, 3.05) is 33.4 Å². The predicted molar refractivity (Wildman–Crippen MR) is 128 cm³/mol. The first-order chi connectivity index (χ1) is 16.4. The van der Waals surface area contributed by atoms with Crippen LogP contribution >= 0.6 is 0 Å². The average molecular weight is 465 g/mol. The molecule has 0 radical (unpaired) electrons. The monoisotopic (exact) mass is 464 g/mol. The van der Waals surface area contributed by atoms with Crippen molar-refractivity contribution in [3.8, 4) is 0 Å². The molecule has 1 spiro atoms. The lowest BCUT2D eigenvalue weighted by Gasteiger charge is -2.44. The molecule has 5 nitrogen and oxygen atoms in total. The molecular weight excluding hydrogens is 431 g/mol. The van der Waals surface area contributed by atoms with E-state index in [2.05, 4.69) is 12.1 Å². The second-order valence-electron chi connectivity index (χ2n) is 10.2. The standard InChI is InChI=1S/C28H33FN2O3/c1-30-24(18-21-6-3-2-4-7-21)20-27(25(30)32)10-14-31(15-11-27)26(33)28(12-16-34-17-13-28)22-8-5-9-23(29)19-22/h2-9,19,24H,10-18,20H2,1H3/t24-/m0/s1. The van der Waals surface area contributed by atoms with Crippen LogP contribution in [-0.2, 0) is 26.2 Å². The third kappa shape index (κ3) is 4.02. The van der Waals surface area contributed by atoms with Gasteiger partial charge in [0.1, 0.15) is 5.82 Å². The number of nitrogens with zero attached hydrogens (tertiary/aromatic N) is 2. The summed E-state index contributed by atoms with van der Waals surface area (Å²) in [7, 11) is 1.92. The number of benzene rings is 2. The van der Waals surface area contributed by atoms with Gasteiger partial charge in [-0.1, -0.05) is 42.5 Å². The van der Waals surface area contributed by atoms with Crippen LogP contribution in [0.4, 0.5) is 4.39 Å². The molecular formula is C28H33FN2O3. The highest BCUT2D eigenvalue weighted by Gasteiger charge is 2.53. The zero-order valence-corrected chi connectivity index (χ0v) is 19.8. The SMILES string of the molecule is CN1C(=O)C2(CCN(C(=O)C3(c4cccc(F)c4)CCOCC3)CC2)C[C@@H]1Cc1ccccc1. The number of rotatable bonds is 4. The Hall–Kier alpha value is -2.73. The molecule has 0 saturated carbocycles. The minimum Gasteiger partial charge on any atom is -0.381 e. The Kier molecular flexibility index (Phi) is 6.19. The summed E-state index contributed by atoms with van der Waals surface area (Å²) in [4.78, 5) is 31.1. The minimum absolute atomic E-state index is 0.0517. The van der Waals surface area contributed by atoms with Gasteiger partial charge in [-0.2, -0.15) is 0 Å². The second-order valence-corrected chi connectivity index (χ2v) is 10.2. The summed E-state index contributed by atoms with van der Waals surface area (Å²) < 4.78 is 19.6. The molecule has 3 fully saturated rings. The lowest BCUT2D eigenvalue weighted by atomic mass is 9.71. The van der Waals surface area contributed by atoms with Crippen molar-refractivity contribution >= 4 is 11.8 Å². The van der Waals surface area contributed by atoms with Crippen molar-refractivity contribution in [2.24, 2.45) is 5.41 Å². The van der Waals surface area contributed by atoms with Crippen molar-refractivity contribution in [1.82, 2.24) is 9.80 Å². The van der Waals surface area contributed by atoms with Gasteiger partial charge in [-0.25, -0.2) is 4.39 Å². The molecule has 2 aromatic rings. The van der Waals surface area contributed by atoms with Crippen molar-refractivity contribution in [2.45, 2.75) is 50.0 Å². The fourth-order valence-corrected chi connectivity index (χ4v) is 6.30. The van der Waals surface area contributed by atoms with Gasteiger partial charge in [-0.05, 0) is 61.8 Å². The van der Waals surface area contributed by atoms with Crippen molar-refractivity contribution in [1.29, 1.82) is 0 Å². The number of hydrogen-bond acceptors (Lipinski definition) is 3. The first-order valence-electron chi connectivity index (χ1n) is 12.4. The Morgan fingerprint density at radius 2 is 1.74 bits per heavy atom. The van der Waals surface area contributed by atoms with Crippen LogP contribution in [0.25, 0.3) is 0 Å². The Morgan fingerprint density at radius 3 is 2.41 bits per heavy atom. The Morgan fingerprint density at radius 1 is 1.03 bits per heavy atom. The molecule has 3 saturated heterocycles. The molecule has 0 N–H and O–H groups in total. The lowest BCUT2D eigenvalue weighted by molar-refractivity contribution is -0.147. The topological polar surface area (TPSA) is 49.9 Å². The van der Waals surface area contributed by atoms with Gasteiger partial charge in [0, 0.05) is 39.4 Å². The van der Waals surface area contributed by atoms with Crippen LogP contribution < -0.4 is 0 Å².